The molecule has 1 aromatic heterocycles. The Labute approximate surface area is 128 Å². The van der Waals surface area contributed by atoms with Crippen LogP contribution in [0.25, 0.3) is 0 Å². The molecule has 1 fully saturated rings. The number of nitrogens with one attached hydrogen (secondary N) is 2. The molecule has 0 saturated heterocycles. The normalized spacial score (nSPS) is 13.4. The lowest BCUT2D eigenvalue weighted by Crippen LogP contribution is -2.13. The van der Waals surface area contributed by atoms with Gasteiger partial charge in [-0.2, -0.15) is 5.10 Å². The van der Waals surface area contributed by atoms with Gasteiger partial charge >= 0.3 is 0 Å². The topological polar surface area (TPSA) is 93.0 Å². The number of carbonyl (C=O) groups is 1. The molecule has 2 aromatic rings. The van der Waals surface area contributed by atoms with Gasteiger partial charge in [-0.05, 0) is 31.0 Å². The first-order valence-corrected chi connectivity index (χ1v) is 6.47. The number of methoxy groups -OCH3 is 1. The highest BCUT2D eigenvalue weighted by atomic mass is 35.5. The Morgan fingerprint density at radius 1 is 1.43 bits per heavy atom. The fraction of sp³-hybridized carbons (Fsp3) is 0.286. The van der Waals surface area contributed by atoms with Gasteiger partial charge in [0, 0.05) is 17.7 Å². The third-order valence-corrected chi connectivity index (χ3v) is 3.36. The van der Waals surface area contributed by atoms with Crippen LogP contribution in [0.4, 0.5) is 11.4 Å². The molecule has 0 aliphatic heterocycles. The van der Waals surface area contributed by atoms with Gasteiger partial charge < -0.3 is 15.8 Å². The summed E-state index contributed by atoms with van der Waals surface area (Å²) in [5.74, 6) is 0.884. The lowest BCUT2D eigenvalue weighted by Gasteiger charge is -2.08. The molecule has 7 heteroatoms. The van der Waals surface area contributed by atoms with Crippen molar-refractivity contribution in [2.45, 2.75) is 18.8 Å². The molecule has 0 unspecified atom stereocenters. The van der Waals surface area contributed by atoms with E-state index in [-0.39, 0.29) is 18.3 Å². The van der Waals surface area contributed by atoms with Crippen molar-refractivity contribution in [2.24, 2.45) is 0 Å². The molecule has 1 aliphatic carbocycles. The largest absolute Gasteiger partial charge is 0.497 e. The Morgan fingerprint density at radius 2 is 2.19 bits per heavy atom. The first kappa shape index (κ1) is 15.2. The van der Waals surface area contributed by atoms with Gasteiger partial charge in [0.2, 0.25) is 0 Å². The molecule has 1 saturated carbocycles. The lowest BCUT2D eigenvalue weighted by atomic mass is 10.2. The molecule has 0 spiro atoms. The minimum atomic E-state index is -0.284. The average molecular weight is 309 g/mol. The van der Waals surface area contributed by atoms with Crippen molar-refractivity contribution in [1.82, 2.24) is 10.2 Å². The van der Waals surface area contributed by atoms with Crippen LogP contribution in [-0.2, 0) is 0 Å². The maximum atomic E-state index is 12.1. The van der Waals surface area contributed by atoms with Crippen molar-refractivity contribution in [3.63, 3.8) is 0 Å². The number of anilines is 2. The van der Waals surface area contributed by atoms with Gasteiger partial charge in [0.1, 0.15) is 5.75 Å². The molecule has 21 heavy (non-hydrogen) atoms. The zero-order valence-electron chi connectivity index (χ0n) is 11.6. The zero-order valence-corrected chi connectivity index (χ0v) is 12.4. The molecule has 0 bridgehead atoms. The summed E-state index contributed by atoms with van der Waals surface area (Å²) in [7, 11) is 1.56. The summed E-state index contributed by atoms with van der Waals surface area (Å²) in [6, 6.07) is 6.91. The second kappa shape index (κ2) is 6.05. The maximum Gasteiger partial charge on any atom is 0.276 e. The standard InChI is InChI=1S/C14H16N4O2.ClH/c1-20-9-4-5-10(15)12(6-9)16-14(19)13-7-11(17-18-13)8-2-3-8;/h4-8H,2-3,15H2,1H3,(H,16,19)(H,17,18);1H. The van der Waals surface area contributed by atoms with Crippen LogP contribution in [0.3, 0.4) is 0 Å². The molecular weight excluding hydrogens is 292 g/mol. The van der Waals surface area contributed by atoms with E-state index in [1.165, 1.54) is 0 Å². The number of ether oxygens (including phenoxy) is 1. The number of nitrogens with zero attached hydrogens (tertiary/aromatic N) is 1. The SMILES string of the molecule is COc1ccc(N)c(NC(=O)c2cc(C3CC3)[nH]n2)c1.Cl. The number of amides is 1. The molecule has 6 nitrogen and oxygen atoms in total. The molecule has 1 aromatic carbocycles. The third kappa shape index (κ3) is 3.28. The summed E-state index contributed by atoms with van der Waals surface area (Å²) in [5.41, 5.74) is 8.23. The number of halogens is 1. The number of rotatable bonds is 4. The van der Waals surface area contributed by atoms with Crippen LogP contribution in [0.1, 0.15) is 34.9 Å². The van der Waals surface area contributed by atoms with Gasteiger partial charge in [0.25, 0.3) is 5.91 Å². The van der Waals surface area contributed by atoms with Crippen molar-refractivity contribution in [1.29, 1.82) is 0 Å². The highest BCUT2D eigenvalue weighted by Gasteiger charge is 2.26. The van der Waals surface area contributed by atoms with E-state index in [2.05, 4.69) is 15.5 Å². The highest BCUT2D eigenvalue weighted by Crippen LogP contribution is 2.39. The summed E-state index contributed by atoms with van der Waals surface area (Å²) < 4.78 is 5.11. The average Bonchev–Trinajstić information content (AvgIpc) is 3.18. The second-order valence-electron chi connectivity index (χ2n) is 4.89. The van der Waals surface area contributed by atoms with E-state index >= 15 is 0 Å². The van der Waals surface area contributed by atoms with E-state index in [9.17, 15) is 4.79 Å². The lowest BCUT2D eigenvalue weighted by molar-refractivity contribution is 0.102. The Morgan fingerprint density at radius 3 is 2.86 bits per heavy atom. The van der Waals surface area contributed by atoms with Crippen molar-refractivity contribution in [2.75, 3.05) is 18.2 Å². The molecule has 112 valence electrons. The van der Waals surface area contributed by atoms with Gasteiger partial charge in [-0.1, -0.05) is 0 Å². The number of carbonyl (C=O) groups excluding carboxylic acids is 1. The Kier molecular flexibility index (Phi) is 4.37. The number of nitrogens with two attached hydrogens (primary N) is 1. The number of hydrogen-bond donors (Lipinski definition) is 3. The highest BCUT2D eigenvalue weighted by molar-refractivity contribution is 6.04. The van der Waals surface area contributed by atoms with Crippen LogP contribution in [-0.4, -0.2) is 23.2 Å². The zero-order chi connectivity index (χ0) is 14.1. The first-order valence-electron chi connectivity index (χ1n) is 6.47. The molecule has 0 radical (unpaired) electrons. The Hall–Kier alpha value is -2.21. The quantitative estimate of drug-likeness (QED) is 0.757. The van der Waals surface area contributed by atoms with E-state index < -0.39 is 0 Å². The number of H-pyrrole nitrogens is 1. The summed E-state index contributed by atoms with van der Waals surface area (Å²) >= 11 is 0. The minimum Gasteiger partial charge on any atom is -0.497 e. The smallest absolute Gasteiger partial charge is 0.276 e. The molecule has 1 heterocycles. The fourth-order valence-corrected chi connectivity index (χ4v) is 2.01. The van der Waals surface area contributed by atoms with Gasteiger partial charge in [-0.3, -0.25) is 9.89 Å². The van der Waals surface area contributed by atoms with E-state index in [1.54, 1.807) is 31.4 Å². The summed E-state index contributed by atoms with van der Waals surface area (Å²) in [5, 5.41) is 9.69. The summed E-state index contributed by atoms with van der Waals surface area (Å²) in [4.78, 5) is 12.1. The van der Waals surface area contributed by atoms with Crippen LogP contribution < -0.4 is 15.8 Å². The van der Waals surface area contributed by atoms with Crippen molar-refractivity contribution >= 4 is 29.7 Å². The fourth-order valence-electron chi connectivity index (χ4n) is 2.01. The van der Waals surface area contributed by atoms with Crippen molar-refractivity contribution < 1.29 is 9.53 Å². The first-order chi connectivity index (χ1) is 9.67. The number of benzene rings is 1. The van der Waals surface area contributed by atoms with Crippen molar-refractivity contribution in [3.8, 4) is 5.75 Å². The monoisotopic (exact) mass is 308 g/mol. The molecular formula is C14H17ClN4O2. The van der Waals surface area contributed by atoms with E-state index in [1.807, 2.05) is 0 Å². The predicted octanol–water partition coefficient (Wildman–Crippen LogP) is 2.55. The summed E-state index contributed by atoms with van der Waals surface area (Å²) in [6.45, 7) is 0. The number of nitrogen functional groups attached to an aromatic ring is 1. The van der Waals surface area contributed by atoms with Crippen LogP contribution in [0.15, 0.2) is 24.3 Å². The van der Waals surface area contributed by atoms with E-state index in [4.69, 9.17) is 10.5 Å². The molecule has 4 N–H and O–H groups in total. The minimum absolute atomic E-state index is 0. The Balaban J connectivity index is 0.00000161. The van der Waals surface area contributed by atoms with Gasteiger partial charge in [-0.25, -0.2) is 0 Å². The van der Waals surface area contributed by atoms with Crippen LogP contribution in [0.2, 0.25) is 0 Å². The van der Waals surface area contributed by atoms with Crippen LogP contribution >= 0.6 is 12.4 Å². The van der Waals surface area contributed by atoms with Crippen molar-refractivity contribution in [3.05, 3.63) is 35.7 Å². The van der Waals surface area contributed by atoms with E-state index in [0.717, 1.165) is 18.5 Å². The molecule has 1 amide bonds. The predicted molar refractivity (Wildman–Crippen MR) is 83.2 cm³/mol. The van der Waals surface area contributed by atoms with Gasteiger partial charge in [0.05, 0.1) is 18.5 Å². The number of aromatic nitrogens is 2. The molecule has 0 atom stereocenters. The molecule has 3 rings (SSSR count). The second-order valence-corrected chi connectivity index (χ2v) is 4.89. The van der Waals surface area contributed by atoms with Gasteiger partial charge in [-0.15, -0.1) is 12.4 Å². The third-order valence-electron chi connectivity index (χ3n) is 3.36. The van der Waals surface area contributed by atoms with Crippen LogP contribution in [0.5, 0.6) is 5.75 Å². The number of hydrogen-bond acceptors (Lipinski definition) is 4. The van der Waals surface area contributed by atoms with Crippen LogP contribution in [0, 0.1) is 0 Å². The number of aromatic amines is 1. The van der Waals surface area contributed by atoms with Gasteiger partial charge in [0.15, 0.2) is 5.69 Å². The maximum absolute atomic E-state index is 12.1. The summed E-state index contributed by atoms with van der Waals surface area (Å²) in [6.07, 6.45) is 2.32. The Bertz CT molecular complexity index is 652. The van der Waals surface area contributed by atoms with E-state index in [0.29, 0.717) is 28.7 Å². The molecule has 1 aliphatic rings.